The lowest BCUT2D eigenvalue weighted by Gasteiger charge is -2.13. The fourth-order valence-electron chi connectivity index (χ4n) is 2.24. The van der Waals surface area contributed by atoms with E-state index >= 15 is 0 Å². The summed E-state index contributed by atoms with van der Waals surface area (Å²) in [7, 11) is 0. The smallest absolute Gasteiger partial charge is 0.0462 e. The molecule has 0 spiro atoms. The first kappa shape index (κ1) is 14.2. The molecule has 1 heteroatoms. The van der Waals surface area contributed by atoms with Crippen molar-refractivity contribution in [1.29, 1.82) is 0 Å². The van der Waals surface area contributed by atoms with Gasteiger partial charge in [-0.2, -0.15) is 0 Å². The Labute approximate surface area is 106 Å². The highest BCUT2D eigenvalue weighted by atomic mass is 16.3. The molecule has 0 aliphatic heterocycles. The average molecular weight is 234 g/mol. The van der Waals surface area contributed by atoms with Crippen LogP contribution in [0.5, 0.6) is 0 Å². The third-order valence-corrected chi connectivity index (χ3v) is 3.34. The molecule has 1 N–H and O–H groups in total. The largest absolute Gasteiger partial charge is 0.396 e. The van der Waals surface area contributed by atoms with Crippen LogP contribution in [0.1, 0.15) is 51.0 Å². The minimum absolute atomic E-state index is 0.322. The lowest BCUT2D eigenvalue weighted by Crippen LogP contribution is -2.09. The molecule has 0 saturated carbocycles. The van der Waals surface area contributed by atoms with Crippen LogP contribution in [0.2, 0.25) is 0 Å². The highest BCUT2D eigenvalue weighted by Gasteiger charge is 2.07. The van der Waals surface area contributed by atoms with Crippen molar-refractivity contribution in [2.45, 2.75) is 51.9 Å². The monoisotopic (exact) mass is 234 g/mol. The van der Waals surface area contributed by atoms with Crippen LogP contribution in [0.25, 0.3) is 0 Å². The van der Waals surface area contributed by atoms with E-state index in [-0.39, 0.29) is 0 Å². The molecule has 0 fully saturated rings. The number of hydrogen-bond acceptors (Lipinski definition) is 1. The lowest BCUT2D eigenvalue weighted by atomic mass is 9.94. The maximum atomic E-state index is 9.39. The normalized spacial score (nSPS) is 12.6. The first-order chi connectivity index (χ1) is 8.36. The third-order valence-electron chi connectivity index (χ3n) is 3.34. The number of hydrogen-bond donors (Lipinski definition) is 1. The molecule has 1 aromatic carbocycles. The predicted molar refractivity (Wildman–Crippen MR) is 74.1 cm³/mol. The van der Waals surface area contributed by atoms with E-state index in [2.05, 4.69) is 31.2 Å². The Bertz CT molecular complexity index is 268. The molecule has 0 amide bonds. The van der Waals surface area contributed by atoms with E-state index in [0.717, 1.165) is 12.8 Å². The Morgan fingerprint density at radius 1 is 1.00 bits per heavy atom. The molecule has 0 saturated heterocycles. The van der Waals surface area contributed by atoms with Crippen molar-refractivity contribution in [2.24, 2.45) is 5.92 Å². The minimum atomic E-state index is 0.322. The zero-order chi connectivity index (χ0) is 12.3. The van der Waals surface area contributed by atoms with Crippen LogP contribution in [-0.4, -0.2) is 11.7 Å². The average Bonchev–Trinajstić information content (AvgIpc) is 2.38. The topological polar surface area (TPSA) is 20.2 Å². The fraction of sp³-hybridized carbons (Fsp3) is 0.625. The van der Waals surface area contributed by atoms with Gasteiger partial charge in [-0.1, -0.05) is 69.4 Å². The van der Waals surface area contributed by atoms with Crippen molar-refractivity contribution in [3.8, 4) is 0 Å². The van der Waals surface area contributed by atoms with Crippen molar-refractivity contribution in [1.82, 2.24) is 0 Å². The highest BCUT2D eigenvalue weighted by Crippen LogP contribution is 2.16. The van der Waals surface area contributed by atoms with E-state index in [1.54, 1.807) is 0 Å². The van der Waals surface area contributed by atoms with Crippen molar-refractivity contribution in [3.05, 3.63) is 35.9 Å². The van der Waals surface area contributed by atoms with Gasteiger partial charge in [0, 0.05) is 6.61 Å². The van der Waals surface area contributed by atoms with E-state index in [0.29, 0.717) is 12.5 Å². The molecule has 0 aliphatic carbocycles. The van der Waals surface area contributed by atoms with Crippen LogP contribution in [0, 0.1) is 5.92 Å². The van der Waals surface area contributed by atoms with Gasteiger partial charge in [0.1, 0.15) is 0 Å². The van der Waals surface area contributed by atoms with Crippen LogP contribution in [-0.2, 0) is 6.42 Å². The molecule has 96 valence electrons. The summed E-state index contributed by atoms with van der Waals surface area (Å²) in [5.41, 5.74) is 1.35. The molecular formula is C16H26O. The standard InChI is InChI=1S/C16H26O/c1-2-3-4-5-7-12-16(14-17)13-15-10-8-6-9-11-15/h6,8-11,16-17H,2-5,7,12-14H2,1H3. The Balaban J connectivity index is 2.20. The molecule has 1 atom stereocenters. The third kappa shape index (κ3) is 6.48. The molecule has 1 rings (SSSR count). The summed E-state index contributed by atoms with van der Waals surface area (Å²) in [5, 5.41) is 9.39. The van der Waals surface area contributed by atoms with E-state index in [1.165, 1.54) is 37.7 Å². The van der Waals surface area contributed by atoms with Crippen molar-refractivity contribution in [2.75, 3.05) is 6.61 Å². The van der Waals surface area contributed by atoms with Crippen molar-refractivity contribution < 1.29 is 5.11 Å². The van der Waals surface area contributed by atoms with Gasteiger partial charge in [0.15, 0.2) is 0 Å². The highest BCUT2D eigenvalue weighted by molar-refractivity contribution is 5.15. The molecule has 0 bridgehead atoms. The van der Waals surface area contributed by atoms with Gasteiger partial charge in [-0.3, -0.25) is 0 Å². The number of aliphatic hydroxyl groups is 1. The van der Waals surface area contributed by atoms with E-state index in [4.69, 9.17) is 0 Å². The van der Waals surface area contributed by atoms with Gasteiger partial charge in [0.25, 0.3) is 0 Å². The summed E-state index contributed by atoms with van der Waals surface area (Å²) in [5.74, 6) is 0.444. The number of benzene rings is 1. The summed E-state index contributed by atoms with van der Waals surface area (Å²) in [6.45, 7) is 2.56. The molecule has 0 aromatic heterocycles. The molecule has 1 nitrogen and oxygen atoms in total. The Morgan fingerprint density at radius 2 is 1.71 bits per heavy atom. The fourth-order valence-corrected chi connectivity index (χ4v) is 2.24. The first-order valence-electron chi connectivity index (χ1n) is 7.01. The summed E-state index contributed by atoms with van der Waals surface area (Å²) >= 11 is 0. The van der Waals surface area contributed by atoms with Gasteiger partial charge in [-0.25, -0.2) is 0 Å². The zero-order valence-electron chi connectivity index (χ0n) is 11.1. The first-order valence-corrected chi connectivity index (χ1v) is 7.01. The molecule has 0 heterocycles. The molecule has 0 aliphatic rings. The maximum Gasteiger partial charge on any atom is 0.0462 e. The molecule has 1 unspecified atom stereocenters. The van der Waals surface area contributed by atoms with Crippen molar-refractivity contribution in [3.63, 3.8) is 0 Å². The molecular weight excluding hydrogens is 208 g/mol. The summed E-state index contributed by atoms with van der Waals surface area (Å²) in [4.78, 5) is 0. The molecule has 0 radical (unpaired) electrons. The molecule has 1 aromatic rings. The van der Waals surface area contributed by atoms with Gasteiger partial charge in [-0.15, -0.1) is 0 Å². The van der Waals surface area contributed by atoms with Crippen LogP contribution in [0.3, 0.4) is 0 Å². The van der Waals surface area contributed by atoms with Gasteiger partial charge in [-0.05, 0) is 24.3 Å². The van der Waals surface area contributed by atoms with Crippen LogP contribution in [0.15, 0.2) is 30.3 Å². The maximum absolute atomic E-state index is 9.39. The second-order valence-electron chi connectivity index (χ2n) is 4.94. The Morgan fingerprint density at radius 3 is 2.35 bits per heavy atom. The van der Waals surface area contributed by atoms with Gasteiger partial charge < -0.3 is 5.11 Å². The van der Waals surface area contributed by atoms with Gasteiger partial charge >= 0.3 is 0 Å². The van der Waals surface area contributed by atoms with E-state index < -0.39 is 0 Å². The van der Waals surface area contributed by atoms with Gasteiger partial charge in [0.2, 0.25) is 0 Å². The SMILES string of the molecule is CCCCCCCC(CO)Cc1ccccc1. The van der Waals surface area contributed by atoms with Crippen LogP contribution < -0.4 is 0 Å². The number of unbranched alkanes of at least 4 members (excludes halogenated alkanes) is 4. The summed E-state index contributed by atoms with van der Waals surface area (Å²) in [6, 6.07) is 10.5. The Kier molecular flexibility index (Phi) is 7.74. The van der Waals surface area contributed by atoms with E-state index in [9.17, 15) is 5.11 Å². The molecule has 17 heavy (non-hydrogen) atoms. The second kappa shape index (κ2) is 9.23. The Hall–Kier alpha value is -0.820. The van der Waals surface area contributed by atoms with Crippen molar-refractivity contribution >= 4 is 0 Å². The zero-order valence-corrected chi connectivity index (χ0v) is 11.1. The van der Waals surface area contributed by atoms with Gasteiger partial charge in [0.05, 0.1) is 0 Å². The minimum Gasteiger partial charge on any atom is -0.396 e. The number of aliphatic hydroxyl groups excluding tert-OH is 1. The second-order valence-corrected chi connectivity index (χ2v) is 4.94. The predicted octanol–water partition coefficient (Wildman–Crippen LogP) is 4.20. The van der Waals surface area contributed by atoms with E-state index in [1.807, 2.05) is 6.07 Å². The summed E-state index contributed by atoms with van der Waals surface area (Å²) in [6.07, 6.45) is 8.76. The van der Waals surface area contributed by atoms with Crippen LogP contribution in [0.4, 0.5) is 0 Å². The quantitative estimate of drug-likeness (QED) is 0.635. The summed E-state index contributed by atoms with van der Waals surface area (Å²) < 4.78 is 0. The number of rotatable bonds is 9. The van der Waals surface area contributed by atoms with Crippen LogP contribution >= 0.6 is 0 Å². The lowest BCUT2D eigenvalue weighted by molar-refractivity contribution is 0.214.